The number of ketones is 1. The summed E-state index contributed by atoms with van der Waals surface area (Å²) in [6.45, 7) is 1.71. The molecule has 4 heterocycles. The van der Waals surface area contributed by atoms with Gasteiger partial charge >= 0.3 is 6.18 Å². The highest BCUT2D eigenvalue weighted by Crippen LogP contribution is 2.43. The topological polar surface area (TPSA) is 77.6 Å². The molecule has 3 aromatic rings. The molecule has 3 aromatic heterocycles. The number of aromatic nitrogens is 5. The van der Waals surface area contributed by atoms with Crippen molar-refractivity contribution in [1.29, 1.82) is 0 Å². The predicted octanol–water partition coefficient (Wildman–Crippen LogP) is 3.75. The van der Waals surface area contributed by atoms with E-state index in [2.05, 4.69) is 20.5 Å². The van der Waals surface area contributed by atoms with Crippen LogP contribution < -0.4 is 5.32 Å². The largest absolute Gasteiger partial charge is 0.431 e. The number of carbonyl (C=O) groups is 1. The Morgan fingerprint density at radius 2 is 2.07 bits per heavy atom. The number of nitrogens with one attached hydrogen (secondary N) is 1. The molecule has 1 aliphatic heterocycles. The summed E-state index contributed by atoms with van der Waals surface area (Å²) in [5.74, 6) is -0.896. The first-order chi connectivity index (χ1) is 13.2. The molecule has 4 rings (SSSR count). The number of anilines is 1. The summed E-state index contributed by atoms with van der Waals surface area (Å²) in [6, 6.07) is 1.73. The van der Waals surface area contributed by atoms with E-state index in [1.807, 2.05) is 0 Å². The van der Waals surface area contributed by atoms with Gasteiger partial charge in [-0.1, -0.05) is 11.6 Å². The van der Waals surface area contributed by atoms with Crippen molar-refractivity contribution in [3.63, 3.8) is 0 Å². The quantitative estimate of drug-likeness (QED) is 0.643. The number of alkyl halides is 3. The Kier molecular flexibility index (Phi) is 4.31. The molecule has 0 saturated heterocycles. The Morgan fingerprint density at radius 3 is 2.64 bits per heavy atom. The maximum atomic E-state index is 13.9. The van der Waals surface area contributed by atoms with E-state index in [4.69, 9.17) is 11.6 Å². The van der Waals surface area contributed by atoms with Crippen molar-refractivity contribution in [3.8, 4) is 0 Å². The molecule has 12 heteroatoms. The van der Waals surface area contributed by atoms with Gasteiger partial charge in [0.2, 0.25) is 11.7 Å². The minimum absolute atomic E-state index is 0.0960. The molecular weight excluding hydrogens is 417 g/mol. The number of hydrogen-bond acceptors (Lipinski definition) is 6. The summed E-state index contributed by atoms with van der Waals surface area (Å²) < 4.78 is 44.8. The van der Waals surface area contributed by atoms with Crippen LogP contribution in [0.15, 0.2) is 35.9 Å². The van der Waals surface area contributed by atoms with Gasteiger partial charge in [-0.3, -0.25) is 9.48 Å². The first-order valence-corrected chi connectivity index (χ1v) is 9.14. The average molecular weight is 429 g/mol. The molecule has 0 saturated carbocycles. The van der Waals surface area contributed by atoms with Crippen LogP contribution in [0.4, 0.5) is 19.1 Å². The third kappa shape index (κ3) is 2.90. The van der Waals surface area contributed by atoms with Crippen LogP contribution in [0.5, 0.6) is 0 Å². The fraction of sp³-hybridized carbons (Fsp3) is 0.250. The zero-order chi connectivity index (χ0) is 20.2. The number of hydrogen-bond donors (Lipinski definition) is 1. The Balaban J connectivity index is 2.00. The summed E-state index contributed by atoms with van der Waals surface area (Å²) in [7, 11) is 1.66. The number of Topliss-reactive ketones (excluding diaryl/α,β-unsaturated/α-hetero) is 1. The number of fused-ring (bicyclic) bond motifs is 1. The molecule has 0 aromatic carbocycles. The van der Waals surface area contributed by atoms with Crippen molar-refractivity contribution in [1.82, 2.24) is 24.5 Å². The van der Waals surface area contributed by atoms with Crippen LogP contribution >= 0.6 is 22.9 Å². The van der Waals surface area contributed by atoms with Gasteiger partial charge in [0.1, 0.15) is 18.1 Å². The third-order valence-electron chi connectivity index (χ3n) is 4.49. The Hall–Kier alpha value is -2.66. The summed E-state index contributed by atoms with van der Waals surface area (Å²) >= 11 is 6.80. The third-order valence-corrected chi connectivity index (χ3v) is 5.72. The highest BCUT2D eigenvalue weighted by atomic mass is 35.5. The molecule has 0 amide bonds. The first-order valence-electron chi connectivity index (χ1n) is 7.95. The van der Waals surface area contributed by atoms with Crippen molar-refractivity contribution >= 4 is 34.7 Å². The van der Waals surface area contributed by atoms with E-state index in [1.165, 1.54) is 27.7 Å². The van der Waals surface area contributed by atoms with Gasteiger partial charge in [0.05, 0.1) is 21.0 Å². The van der Waals surface area contributed by atoms with Crippen LogP contribution in [0.25, 0.3) is 0 Å². The van der Waals surface area contributed by atoms with Gasteiger partial charge in [-0.2, -0.15) is 28.4 Å². The highest BCUT2D eigenvalue weighted by molar-refractivity contribution is 7.18. The minimum Gasteiger partial charge on any atom is -0.320 e. The maximum absolute atomic E-state index is 13.9. The summed E-state index contributed by atoms with van der Waals surface area (Å²) in [5, 5.41) is 10.4. The molecule has 1 aliphatic rings. The van der Waals surface area contributed by atoms with E-state index in [-0.39, 0.29) is 10.8 Å². The van der Waals surface area contributed by atoms with Crippen LogP contribution in [0.3, 0.4) is 0 Å². The molecule has 0 bridgehead atoms. The molecule has 1 atom stereocenters. The van der Waals surface area contributed by atoms with Gasteiger partial charge in [-0.15, -0.1) is 11.3 Å². The van der Waals surface area contributed by atoms with Gasteiger partial charge in [-0.05, 0) is 19.1 Å². The molecule has 0 spiro atoms. The molecule has 0 fully saturated rings. The standard InChI is InChI=1S/C16H12ClF3N6OS/c1-7-8(5-22-25(7)2)12-11(13(27)9-3-4-10(17)28-9)14(16(18,19)20)24-15-21-6-23-26(12)15/h3-6,12H,1-2H3,(H,21,23,24)/t12-/m0/s1. The lowest BCUT2D eigenvalue weighted by atomic mass is 9.92. The van der Waals surface area contributed by atoms with Gasteiger partial charge in [-0.25, -0.2) is 4.68 Å². The zero-order valence-electron chi connectivity index (χ0n) is 14.5. The minimum atomic E-state index is -4.81. The van der Waals surface area contributed by atoms with Crippen molar-refractivity contribution < 1.29 is 18.0 Å². The number of allylic oxidation sites excluding steroid dienone is 2. The molecule has 146 valence electrons. The summed E-state index contributed by atoms with van der Waals surface area (Å²) in [5.41, 5.74) is -0.635. The van der Waals surface area contributed by atoms with E-state index in [9.17, 15) is 18.0 Å². The Bertz CT molecular complexity index is 1110. The van der Waals surface area contributed by atoms with Gasteiger partial charge in [0, 0.05) is 18.3 Å². The number of thiophene rings is 1. The lowest BCUT2D eigenvalue weighted by Gasteiger charge is -2.30. The molecular formula is C16H12ClF3N6OS. The van der Waals surface area contributed by atoms with Gasteiger partial charge < -0.3 is 5.32 Å². The summed E-state index contributed by atoms with van der Waals surface area (Å²) in [6.07, 6.45) is -2.25. The number of rotatable bonds is 3. The zero-order valence-corrected chi connectivity index (χ0v) is 16.0. The lowest BCUT2D eigenvalue weighted by molar-refractivity contribution is -0.0918. The van der Waals surface area contributed by atoms with Crippen LogP contribution in [0.2, 0.25) is 4.34 Å². The van der Waals surface area contributed by atoms with Crippen LogP contribution in [-0.4, -0.2) is 36.5 Å². The van der Waals surface area contributed by atoms with Gasteiger partial charge in [0.25, 0.3) is 0 Å². The highest BCUT2D eigenvalue weighted by Gasteiger charge is 2.46. The van der Waals surface area contributed by atoms with Crippen molar-refractivity contribution in [3.05, 3.63) is 56.4 Å². The molecule has 7 nitrogen and oxygen atoms in total. The summed E-state index contributed by atoms with van der Waals surface area (Å²) in [4.78, 5) is 17.1. The van der Waals surface area contributed by atoms with Crippen LogP contribution in [0.1, 0.15) is 27.0 Å². The van der Waals surface area contributed by atoms with E-state index >= 15 is 0 Å². The number of aryl methyl sites for hydroxylation is 1. The average Bonchev–Trinajstić information content (AvgIpc) is 3.34. The molecule has 0 radical (unpaired) electrons. The molecule has 0 aliphatic carbocycles. The Labute approximate surface area is 165 Å². The monoisotopic (exact) mass is 428 g/mol. The second-order valence-corrected chi connectivity index (χ2v) is 7.80. The van der Waals surface area contributed by atoms with Crippen molar-refractivity contribution in [2.75, 3.05) is 5.32 Å². The smallest absolute Gasteiger partial charge is 0.320 e. The second-order valence-electron chi connectivity index (χ2n) is 6.08. The number of nitrogens with zero attached hydrogens (tertiary/aromatic N) is 5. The number of carbonyl (C=O) groups excluding carboxylic acids is 1. The fourth-order valence-corrected chi connectivity index (χ4v) is 4.07. The predicted molar refractivity (Wildman–Crippen MR) is 96.5 cm³/mol. The van der Waals surface area contributed by atoms with E-state index < -0.39 is 29.3 Å². The van der Waals surface area contributed by atoms with E-state index in [0.29, 0.717) is 15.6 Å². The molecule has 0 unspecified atom stereocenters. The molecule has 1 N–H and O–H groups in total. The van der Waals surface area contributed by atoms with Crippen molar-refractivity contribution in [2.24, 2.45) is 7.05 Å². The fourth-order valence-electron chi connectivity index (χ4n) is 3.07. The first kappa shape index (κ1) is 18.7. The maximum Gasteiger partial charge on any atom is 0.431 e. The molecule has 28 heavy (non-hydrogen) atoms. The van der Waals surface area contributed by atoms with Crippen molar-refractivity contribution in [2.45, 2.75) is 19.1 Å². The van der Waals surface area contributed by atoms with Crippen LogP contribution in [-0.2, 0) is 7.05 Å². The van der Waals surface area contributed by atoms with Gasteiger partial charge in [0.15, 0.2) is 0 Å². The van der Waals surface area contributed by atoms with E-state index in [0.717, 1.165) is 17.7 Å². The lowest BCUT2D eigenvalue weighted by Crippen LogP contribution is -2.35. The number of halogens is 4. The normalized spacial score (nSPS) is 16.9. The SMILES string of the molecule is Cc1c([C@H]2C(C(=O)c3ccc(Cl)s3)=C(C(F)(F)F)Nc3ncnn32)cnn1C. The van der Waals surface area contributed by atoms with E-state index in [1.54, 1.807) is 14.0 Å². The van der Waals surface area contributed by atoms with Crippen LogP contribution in [0, 0.1) is 6.92 Å². The Morgan fingerprint density at radius 1 is 1.32 bits per heavy atom. The second kappa shape index (κ2) is 6.45.